The summed E-state index contributed by atoms with van der Waals surface area (Å²) in [4.78, 5) is 0. The zero-order valence-electron chi connectivity index (χ0n) is 9.87. The Morgan fingerprint density at radius 3 is 2.24 bits per heavy atom. The number of aromatic nitrogens is 2. The van der Waals surface area contributed by atoms with E-state index >= 15 is 0 Å². The standard InChI is InChI=1S/C11H5Cl3F3N3O/c12-7-1-6(11(15,16)17)2-8(13)9(7)20-10(14)5(3-18-20)4-19-21/h1-4,21H. The van der Waals surface area contributed by atoms with Crippen molar-refractivity contribution in [3.8, 4) is 5.69 Å². The van der Waals surface area contributed by atoms with Gasteiger partial charge in [-0.25, -0.2) is 4.68 Å². The van der Waals surface area contributed by atoms with Crippen molar-refractivity contribution < 1.29 is 18.4 Å². The molecule has 4 nitrogen and oxygen atoms in total. The average molecular weight is 359 g/mol. The third-order valence-electron chi connectivity index (χ3n) is 2.49. The molecule has 1 heterocycles. The van der Waals surface area contributed by atoms with Crippen molar-refractivity contribution in [3.05, 3.63) is 44.7 Å². The van der Waals surface area contributed by atoms with Crippen LogP contribution in [0.5, 0.6) is 0 Å². The fourth-order valence-corrected chi connectivity index (χ4v) is 2.46. The van der Waals surface area contributed by atoms with Crippen LogP contribution in [0.15, 0.2) is 23.5 Å². The highest BCUT2D eigenvalue weighted by Gasteiger charge is 2.32. The largest absolute Gasteiger partial charge is 0.416 e. The zero-order chi connectivity index (χ0) is 15.8. The molecule has 1 aromatic heterocycles. The van der Waals surface area contributed by atoms with E-state index in [-0.39, 0.29) is 26.4 Å². The predicted octanol–water partition coefficient (Wildman–Crippen LogP) is 4.66. The monoisotopic (exact) mass is 357 g/mol. The lowest BCUT2D eigenvalue weighted by atomic mass is 10.2. The molecule has 1 aromatic carbocycles. The van der Waals surface area contributed by atoms with Gasteiger partial charge < -0.3 is 5.21 Å². The maximum absolute atomic E-state index is 12.7. The first-order chi connectivity index (χ1) is 9.75. The SMILES string of the molecule is ON=Cc1cnn(-c2c(Cl)cc(C(F)(F)F)cc2Cl)c1Cl. The van der Waals surface area contributed by atoms with Crippen molar-refractivity contribution in [2.45, 2.75) is 6.18 Å². The Labute approximate surface area is 131 Å². The second-order valence-electron chi connectivity index (χ2n) is 3.83. The number of nitrogens with zero attached hydrogens (tertiary/aromatic N) is 3. The molecule has 0 atom stereocenters. The molecule has 0 amide bonds. The smallest absolute Gasteiger partial charge is 0.411 e. The number of benzene rings is 1. The minimum absolute atomic E-state index is 0.00563. The highest BCUT2D eigenvalue weighted by Crippen LogP contribution is 2.38. The van der Waals surface area contributed by atoms with Gasteiger partial charge in [-0.05, 0) is 12.1 Å². The molecule has 0 saturated heterocycles. The van der Waals surface area contributed by atoms with Crippen LogP contribution >= 0.6 is 34.8 Å². The molecule has 2 aromatic rings. The lowest BCUT2D eigenvalue weighted by Gasteiger charge is -2.12. The maximum atomic E-state index is 12.7. The van der Waals surface area contributed by atoms with E-state index in [9.17, 15) is 13.2 Å². The van der Waals surface area contributed by atoms with Crippen molar-refractivity contribution in [3.63, 3.8) is 0 Å². The van der Waals surface area contributed by atoms with Gasteiger partial charge in [0.15, 0.2) is 0 Å². The van der Waals surface area contributed by atoms with E-state index in [4.69, 9.17) is 40.0 Å². The molecule has 0 aliphatic rings. The first kappa shape index (κ1) is 15.9. The van der Waals surface area contributed by atoms with Gasteiger partial charge in [0.25, 0.3) is 0 Å². The highest BCUT2D eigenvalue weighted by atomic mass is 35.5. The van der Waals surface area contributed by atoms with E-state index in [0.717, 1.165) is 23.0 Å². The molecule has 1 N–H and O–H groups in total. The fourth-order valence-electron chi connectivity index (χ4n) is 1.58. The van der Waals surface area contributed by atoms with Gasteiger partial charge in [0, 0.05) is 0 Å². The first-order valence-corrected chi connectivity index (χ1v) is 6.36. The number of halogens is 6. The van der Waals surface area contributed by atoms with Gasteiger partial charge in [0.05, 0.1) is 33.6 Å². The van der Waals surface area contributed by atoms with Crippen LogP contribution in [0, 0.1) is 0 Å². The molecule has 0 fully saturated rings. The van der Waals surface area contributed by atoms with E-state index in [1.165, 1.54) is 6.20 Å². The van der Waals surface area contributed by atoms with Crippen LogP contribution in [-0.4, -0.2) is 21.2 Å². The van der Waals surface area contributed by atoms with Gasteiger partial charge in [0.1, 0.15) is 10.8 Å². The lowest BCUT2D eigenvalue weighted by Crippen LogP contribution is -2.07. The van der Waals surface area contributed by atoms with E-state index in [2.05, 4.69) is 10.3 Å². The minimum atomic E-state index is -4.57. The summed E-state index contributed by atoms with van der Waals surface area (Å²) in [6.07, 6.45) is -2.32. The summed E-state index contributed by atoms with van der Waals surface area (Å²) in [6.45, 7) is 0. The van der Waals surface area contributed by atoms with Crippen molar-refractivity contribution in [1.29, 1.82) is 0 Å². The molecule has 112 valence electrons. The Bertz CT molecular complexity index is 689. The maximum Gasteiger partial charge on any atom is 0.416 e. The van der Waals surface area contributed by atoms with Crippen molar-refractivity contribution in [1.82, 2.24) is 9.78 Å². The Balaban J connectivity index is 2.61. The summed E-state index contributed by atoms with van der Waals surface area (Å²) in [7, 11) is 0. The zero-order valence-corrected chi connectivity index (χ0v) is 12.1. The number of hydrogen-bond donors (Lipinski definition) is 1. The van der Waals surface area contributed by atoms with Crippen LogP contribution in [0.4, 0.5) is 13.2 Å². The number of alkyl halides is 3. The molecule has 0 spiro atoms. The fraction of sp³-hybridized carbons (Fsp3) is 0.0909. The lowest BCUT2D eigenvalue weighted by molar-refractivity contribution is -0.137. The van der Waals surface area contributed by atoms with E-state index in [0.29, 0.717) is 0 Å². The van der Waals surface area contributed by atoms with E-state index in [1.807, 2.05) is 0 Å². The molecule has 0 aliphatic heterocycles. The van der Waals surface area contributed by atoms with Gasteiger partial charge >= 0.3 is 6.18 Å². The van der Waals surface area contributed by atoms with Crippen LogP contribution in [0.3, 0.4) is 0 Å². The molecule has 10 heteroatoms. The Hall–Kier alpha value is -1.44. The first-order valence-electron chi connectivity index (χ1n) is 5.23. The third-order valence-corrected chi connectivity index (χ3v) is 3.44. The summed E-state index contributed by atoms with van der Waals surface area (Å²) in [5.74, 6) is 0. The summed E-state index contributed by atoms with van der Waals surface area (Å²) >= 11 is 17.7. The van der Waals surface area contributed by atoms with Gasteiger partial charge in [0.2, 0.25) is 0 Å². The van der Waals surface area contributed by atoms with Crippen LogP contribution in [0.2, 0.25) is 15.2 Å². The number of rotatable bonds is 2. The summed E-state index contributed by atoms with van der Waals surface area (Å²) in [5, 5.41) is 14.5. The molecule has 0 radical (unpaired) electrons. The second-order valence-corrected chi connectivity index (χ2v) is 5.01. The molecule has 21 heavy (non-hydrogen) atoms. The third kappa shape index (κ3) is 3.09. The predicted molar refractivity (Wildman–Crippen MR) is 73.0 cm³/mol. The van der Waals surface area contributed by atoms with Crippen molar-refractivity contribution in [2.24, 2.45) is 5.16 Å². The van der Waals surface area contributed by atoms with Crippen molar-refractivity contribution >= 4 is 41.0 Å². The summed E-state index contributed by atoms with van der Waals surface area (Å²) in [6, 6.07) is 1.45. The highest BCUT2D eigenvalue weighted by molar-refractivity contribution is 6.38. The van der Waals surface area contributed by atoms with E-state index < -0.39 is 11.7 Å². The van der Waals surface area contributed by atoms with Gasteiger partial charge in [-0.2, -0.15) is 18.3 Å². The molecular weight excluding hydrogens is 353 g/mol. The Kier molecular flexibility index (Phi) is 4.36. The van der Waals surface area contributed by atoms with Crippen LogP contribution in [0.25, 0.3) is 5.69 Å². The Morgan fingerprint density at radius 2 is 1.76 bits per heavy atom. The quantitative estimate of drug-likeness (QED) is 0.482. The molecule has 0 bridgehead atoms. The minimum Gasteiger partial charge on any atom is -0.411 e. The van der Waals surface area contributed by atoms with E-state index in [1.54, 1.807) is 0 Å². The van der Waals surface area contributed by atoms with Crippen LogP contribution in [0.1, 0.15) is 11.1 Å². The topological polar surface area (TPSA) is 50.4 Å². The van der Waals surface area contributed by atoms with Crippen LogP contribution < -0.4 is 0 Å². The summed E-state index contributed by atoms with van der Waals surface area (Å²) in [5.41, 5.74) is -0.748. The molecular formula is C11H5Cl3F3N3O. The molecule has 2 rings (SSSR count). The summed E-state index contributed by atoms with van der Waals surface area (Å²) < 4.78 is 39.0. The number of oxime groups is 1. The Morgan fingerprint density at radius 1 is 1.19 bits per heavy atom. The molecule has 0 unspecified atom stereocenters. The number of hydrogen-bond acceptors (Lipinski definition) is 3. The molecule has 0 saturated carbocycles. The van der Waals surface area contributed by atoms with Gasteiger partial charge in [-0.1, -0.05) is 40.0 Å². The van der Waals surface area contributed by atoms with Gasteiger partial charge in [-0.15, -0.1) is 0 Å². The normalized spacial score (nSPS) is 12.3. The van der Waals surface area contributed by atoms with Gasteiger partial charge in [-0.3, -0.25) is 0 Å². The average Bonchev–Trinajstić information content (AvgIpc) is 2.70. The second kappa shape index (κ2) is 5.75. The van der Waals surface area contributed by atoms with Crippen LogP contribution in [-0.2, 0) is 6.18 Å². The molecule has 0 aliphatic carbocycles. The van der Waals surface area contributed by atoms with Crippen molar-refractivity contribution in [2.75, 3.05) is 0 Å².